The van der Waals surface area contributed by atoms with Gasteiger partial charge in [-0.05, 0) is 68.4 Å². The van der Waals surface area contributed by atoms with Gasteiger partial charge in [0.2, 0.25) is 0 Å². The van der Waals surface area contributed by atoms with E-state index in [1.807, 2.05) is 72.4 Å². The fourth-order valence-corrected chi connectivity index (χ4v) is 3.81. The second-order valence-electron chi connectivity index (χ2n) is 7.67. The zero-order chi connectivity index (χ0) is 20.9. The first-order valence-electron chi connectivity index (χ1n) is 10.4. The molecule has 6 nitrogen and oxygen atoms in total. The van der Waals surface area contributed by atoms with Crippen LogP contribution in [0.15, 0.2) is 60.7 Å². The fourth-order valence-electron chi connectivity index (χ4n) is 3.81. The lowest BCUT2D eigenvalue weighted by Crippen LogP contribution is -2.35. The van der Waals surface area contributed by atoms with Crippen LogP contribution in [0.3, 0.4) is 0 Å². The van der Waals surface area contributed by atoms with E-state index in [4.69, 9.17) is 4.74 Å². The molecular weight excluding hydrogens is 376 g/mol. The molecule has 3 aromatic rings. The second kappa shape index (κ2) is 9.13. The molecule has 2 heterocycles. The maximum Gasteiger partial charge on any atom is 0.274 e. The molecule has 1 fully saturated rings. The predicted molar refractivity (Wildman–Crippen MR) is 118 cm³/mol. The Labute approximate surface area is 177 Å². The molecule has 30 heavy (non-hydrogen) atoms. The number of hydrogen-bond acceptors (Lipinski definition) is 4. The summed E-state index contributed by atoms with van der Waals surface area (Å²) >= 11 is 0. The van der Waals surface area contributed by atoms with Crippen LogP contribution in [0.25, 0.3) is 16.9 Å². The highest BCUT2D eigenvalue weighted by Crippen LogP contribution is 2.26. The van der Waals surface area contributed by atoms with Crippen LogP contribution in [-0.4, -0.2) is 65.8 Å². The Kier molecular flexibility index (Phi) is 6.14. The van der Waals surface area contributed by atoms with Gasteiger partial charge in [-0.1, -0.05) is 18.2 Å². The molecule has 1 aliphatic heterocycles. The molecule has 0 aliphatic carbocycles. The Hall–Kier alpha value is -3.12. The van der Waals surface area contributed by atoms with Crippen LogP contribution in [-0.2, 0) is 0 Å². The first kappa shape index (κ1) is 20.2. The summed E-state index contributed by atoms with van der Waals surface area (Å²) in [4.78, 5) is 17.3. The van der Waals surface area contributed by atoms with E-state index in [9.17, 15) is 4.79 Å². The van der Waals surface area contributed by atoms with Crippen LogP contribution < -0.4 is 4.74 Å². The summed E-state index contributed by atoms with van der Waals surface area (Å²) in [6, 6.07) is 19.6. The average Bonchev–Trinajstić information content (AvgIpc) is 3.48. The summed E-state index contributed by atoms with van der Waals surface area (Å²) in [6.45, 7) is 3.88. The molecule has 0 N–H and O–H groups in total. The molecular formula is C24H28N4O2. The molecule has 0 radical (unpaired) electrons. The first-order valence-corrected chi connectivity index (χ1v) is 10.4. The van der Waals surface area contributed by atoms with Gasteiger partial charge in [0, 0.05) is 25.7 Å². The molecule has 1 aliphatic rings. The maximum atomic E-state index is 13.1. The molecule has 0 bridgehead atoms. The first-order chi connectivity index (χ1) is 14.7. The van der Waals surface area contributed by atoms with E-state index in [0.29, 0.717) is 12.2 Å². The third-order valence-electron chi connectivity index (χ3n) is 5.61. The molecule has 4 rings (SSSR count). The summed E-state index contributed by atoms with van der Waals surface area (Å²) in [6.07, 6.45) is 2.51. The van der Waals surface area contributed by atoms with Crippen molar-refractivity contribution < 1.29 is 9.53 Å². The van der Waals surface area contributed by atoms with Crippen molar-refractivity contribution in [3.63, 3.8) is 0 Å². The molecule has 0 spiro atoms. The van der Waals surface area contributed by atoms with Gasteiger partial charge in [-0.15, -0.1) is 0 Å². The van der Waals surface area contributed by atoms with E-state index < -0.39 is 0 Å². The van der Waals surface area contributed by atoms with Crippen molar-refractivity contribution in [2.75, 3.05) is 40.3 Å². The third-order valence-corrected chi connectivity index (χ3v) is 5.61. The van der Waals surface area contributed by atoms with Gasteiger partial charge in [0.05, 0.1) is 18.5 Å². The van der Waals surface area contributed by atoms with Crippen molar-refractivity contribution in [3.05, 3.63) is 66.4 Å². The van der Waals surface area contributed by atoms with Crippen LogP contribution in [0.4, 0.5) is 0 Å². The minimum Gasteiger partial charge on any atom is -0.497 e. The summed E-state index contributed by atoms with van der Waals surface area (Å²) in [5.41, 5.74) is 3.22. The van der Waals surface area contributed by atoms with Crippen molar-refractivity contribution >= 4 is 5.91 Å². The van der Waals surface area contributed by atoms with Gasteiger partial charge in [0.25, 0.3) is 5.91 Å². The zero-order valence-corrected chi connectivity index (χ0v) is 17.6. The quantitative estimate of drug-likeness (QED) is 0.602. The van der Waals surface area contributed by atoms with E-state index >= 15 is 0 Å². The van der Waals surface area contributed by atoms with Crippen LogP contribution in [0.1, 0.15) is 23.3 Å². The highest BCUT2D eigenvalue weighted by Gasteiger charge is 2.21. The van der Waals surface area contributed by atoms with Gasteiger partial charge in [-0.2, -0.15) is 5.10 Å². The highest BCUT2D eigenvalue weighted by atomic mass is 16.5. The smallest absolute Gasteiger partial charge is 0.274 e. The number of nitrogens with zero attached hydrogens (tertiary/aromatic N) is 4. The molecule has 6 heteroatoms. The number of rotatable bonds is 7. The number of benzene rings is 2. The molecule has 0 unspecified atom stereocenters. The van der Waals surface area contributed by atoms with E-state index in [1.165, 1.54) is 12.8 Å². The van der Waals surface area contributed by atoms with Crippen molar-refractivity contribution in [2.45, 2.75) is 12.8 Å². The second-order valence-corrected chi connectivity index (χ2v) is 7.67. The minimum atomic E-state index is -0.0568. The van der Waals surface area contributed by atoms with Gasteiger partial charge >= 0.3 is 0 Å². The largest absolute Gasteiger partial charge is 0.497 e. The highest BCUT2D eigenvalue weighted by molar-refractivity contribution is 5.93. The molecule has 0 saturated carbocycles. The zero-order valence-electron chi connectivity index (χ0n) is 17.6. The number of para-hydroxylation sites is 1. The SMILES string of the molecule is COc1ccc(-c2cc(C(=O)N(C)CCN3CCCC3)nn2-c2ccccc2)cc1. The average molecular weight is 405 g/mol. The Balaban J connectivity index is 1.61. The lowest BCUT2D eigenvalue weighted by Gasteiger charge is -2.20. The van der Waals surface area contributed by atoms with Gasteiger partial charge in [-0.25, -0.2) is 4.68 Å². The molecule has 0 atom stereocenters. The van der Waals surface area contributed by atoms with Crippen LogP contribution in [0.2, 0.25) is 0 Å². The van der Waals surface area contributed by atoms with E-state index in [-0.39, 0.29) is 5.91 Å². The molecule has 2 aromatic carbocycles. The summed E-state index contributed by atoms with van der Waals surface area (Å²) in [5.74, 6) is 0.737. The number of carbonyl (C=O) groups is 1. The number of likely N-dealkylation sites (tertiary alicyclic amines) is 1. The van der Waals surface area contributed by atoms with Gasteiger partial charge in [0.15, 0.2) is 5.69 Å². The third kappa shape index (κ3) is 4.39. The lowest BCUT2D eigenvalue weighted by atomic mass is 10.1. The fraction of sp³-hybridized carbons (Fsp3) is 0.333. The number of methoxy groups -OCH3 is 1. The van der Waals surface area contributed by atoms with Crippen molar-refractivity contribution in [3.8, 4) is 22.7 Å². The van der Waals surface area contributed by atoms with Crippen LogP contribution in [0.5, 0.6) is 5.75 Å². The number of aromatic nitrogens is 2. The van der Waals surface area contributed by atoms with Gasteiger partial charge in [-0.3, -0.25) is 4.79 Å². The summed E-state index contributed by atoms with van der Waals surface area (Å²) < 4.78 is 7.11. The Morgan fingerprint density at radius 2 is 1.77 bits per heavy atom. The topological polar surface area (TPSA) is 50.6 Å². The summed E-state index contributed by atoms with van der Waals surface area (Å²) in [5, 5.41) is 4.68. The number of carbonyl (C=O) groups excluding carboxylic acids is 1. The predicted octanol–water partition coefficient (Wildman–Crippen LogP) is 3.72. The van der Waals surface area contributed by atoms with Crippen molar-refractivity contribution in [1.82, 2.24) is 19.6 Å². The lowest BCUT2D eigenvalue weighted by molar-refractivity contribution is 0.0776. The van der Waals surface area contributed by atoms with Crippen LogP contribution >= 0.6 is 0 Å². The standard InChI is InChI=1S/C24H28N4O2/c1-26(16-17-27-14-6-7-15-27)24(29)22-18-23(19-10-12-21(30-2)13-11-19)28(25-22)20-8-4-3-5-9-20/h3-5,8-13,18H,6-7,14-17H2,1-2H3. The minimum absolute atomic E-state index is 0.0568. The molecule has 1 amide bonds. The molecule has 156 valence electrons. The Morgan fingerprint density at radius 1 is 1.07 bits per heavy atom. The van der Waals surface area contributed by atoms with Gasteiger partial charge in [0.1, 0.15) is 5.75 Å². The Bertz CT molecular complexity index is 976. The summed E-state index contributed by atoms with van der Waals surface area (Å²) in [7, 11) is 3.50. The van der Waals surface area contributed by atoms with E-state index in [1.54, 1.807) is 12.0 Å². The number of ether oxygens (including phenoxy) is 1. The van der Waals surface area contributed by atoms with Gasteiger partial charge < -0.3 is 14.5 Å². The maximum absolute atomic E-state index is 13.1. The molecule has 1 saturated heterocycles. The molecule has 1 aromatic heterocycles. The van der Waals surface area contributed by atoms with Crippen molar-refractivity contribution in [1.29, 1.82) is 0 Å². The monoisotopic (exact) mass is 404 g/mol. The Morgan fingerprint density at radius 3 is 2.43 bits per heavy atom. The number of likely N-dealkylation sites (N-methyl/N-ethyl adjacent to an activating group) is 1. The number of amides is 1. The van der Waals surface area contributed by atoms with Crippen molar-refractivity contribution in [2.24, 2.45) is 0 Å². The van der Waals surface area contributed by atoms with E-state index in [2.05, 4.69) is 10.00 Å². The van der Waals surface area contributed by atoms with Crippen LogP contribution in [0, 0.1) is 0 Å². The normalized spacial score (nSPS) is 14.1. The number of hydrogen-bond donors (Lipinski definition) is 0. The van der Waals surface area contributed by atoms with E-state index in [0.717, 1.165) is 42.3 Å².